The highest BCUT2D eigenvalue weighted by Gasteiger charge is 2.10. The minimum Gasteiger partial charge on any atom is -0.495 e. The molecule has 0 aliphatic rings. The first-order valence-corrected chi connectivity index (χ1v) is 7.69. The Morgan fingerprint density at radius 3 is 2.73 bits per heavy atom. The third-order valence-corrected chi connectivity index (χ3v) is 3.69. The van der Waals surface area contributed by atoms with Crippen LogP contribution in [-0.4, -0.2) is 19.6 Å². The number of aryl methyl sites for hydroxylation is 1. The summed E-state index contributed by atoms with van der Waals surface area (Å²) in [4.78, 5) is 12.0. The topological polar surface area (TPSA) is 47.6 Å². The molecule has 0 saturated carbocycles. The second-order valence-corrected chi connectivity index (χ2v) is 5.94. The highest BCUT2D eigenvalue weighted by atomic mass is 79.9. The Bertz CT molecular complexity index is 691. The molecule has 2 aromatic carbocycles. The van der Waals surface area contributed by atoms with Crippen LogP contribution in [0.1, 0.15) is 5.56 Å². The first kappa shape index (κ1) is 16.6. The van der Waals surface area contributed by atoms with Gasteiger partial charge in [0.1, 0.15) is 11.5 Å². The van der Waals surface area contributed by atoms with Gasteiger partial charge < -0.3 is 14.8 Å². The van der Waals surface area contributed by atoms with Crippen LogP contribution in [0.3, 0.4) is 0 Å². The minimum atomic E-state index is -0.292. The number of hydrogen-bond donors (Lipinski definition) is 1. The maximum Gasteiger partial charge on any atom is 0.262 e. The van der Waals surface area contributed by atoms with Crippen molar-refractivity contribution in [2.24, 2.45) is 0 Å². The van der Waals surface area contributed by atoms with Crippen LogP contribution in [0, 0.1) is 6.92 Å². The number of benzene rings is 2. The molecule has 1 N–H and O–H groups in total. The summed E-state index contributed by atoms with van der Waals surface area (Å²) in [7, 11) is 1.55. The van der Waals surface area contributed by atoms with Crippen molar-refractivity contribution in [1.29, 1.82) is 0 Å². The van der Waals surface area contributed by atoms with Crippen LogP contribution in [-0.2, 0) is 4.79 Å². The SMILES string of the molecule is COc1ccc(C)cc1NC(=O)COc1cc(Br)ccc1Cl. The van der Waals surface area contributed by atoms with Gasteiger partial charge in [0.25, 0.3) is 5.91 Å². The Labute approximate surface area is 142 Å². The third-order valence-electron chi connectivity index (χ3n) is 2.88. The van der Waals surface area contributed by atoms with E-state index < -0.39 is 0 Å². The zero-order valence-corrected chi connectivity index (χ0v) is 14.5. The van der Waals surface area contributed by atoms with Gasteiger partial charge in [0.2, 0.25) is 0 Å². The fourth-order valence-corrected chi connectivity index (χ4v) is 2.35. The summed E-state index contributed by atoms with van der Waals surface area (Å²) in [6.45, 7) is 1.79. The summed E-state index contributed by atoms with van der Waals surface area (Å²) in [5.41, 5.74) is 1.63. The van der Waals surface area contributed by atoms with Crippen molar-refractivity contribution < 1.29 is 14.3 Å². The molecule has 0 aliphatic carbocycles. The second kappa shape index (κ2) is 7.51. The molecule has 0 radical (unpaired) electrons. The summed E-state index contributed by atoms with van der Waals surface area (Å²) in [6.07, 6.45) is 0. The van der Waals surface area contributed by atoms with E-state index in [1.165, 1.54) is 0 Å². The number of carbonyl (C=O) groups is 1. The van der Waals surface area contributed by atoms with E-state index in [0.29, 0.717) is 22.2 Å². The van der Waals surface area contributed by atoms with Gasteiger partial charge in [-0.3, -0.25) is 4.79 Å². The molecule has 0 spiro atoms. The average molecular weight is 385 g/mol. The lowest BCUT2D eigenvalue weighted by Crippen LogP contribution is -2.20. The van der Waals surface area contributed by atoms with Crippen molar-refractivity contribution >= 4 is 39.1 Å². The Morgan fingerprint density at radius 2 is 2.00 bits per heavy atom. The molecule has 0 aromatic heterocycles. The normalized spacial score (nSPS) is 10.2. The summed E-state index contributed by atoms with van der Waals surface area (Å²) < 4.78 is 11.5. The van der Waals surface area contributed by atoms with Gasteiger partial charge in [0.05, 0.1) is 17.8 Å². The van der Waals surface area contributed by atoms with Gasteiger partial charge in [-0.15, -0.1) is 0 Å². The number of carbonyl (C=O) groups excluding carboxylic acids is 1. The average Bonchev–Trinajstić information content (AvgIpc) is 2.48. The quantitative estimate of drug-likeness (QED) is 0.829. The Kier molecular flexibility index (Phi) is 5.69. The second-order valence-electron chi connectivity index (χ2n) is 4.62. The molecular weight excluding hydrogens is 370 g/mol. The molecule has 0 saturated heterocycles. The van der Waals surface area contributed by atoms with E-state index >= 15 is 0 Å². The predicted molar refractivity (Wildman–Crippen MR) is 91.0 cm³/mol. The van der Waals surface area contributed by atoms with Crippen molar-refractivity contribution in [2.75, 3.05) is 19.0 Å². The summed E-state index contributed by atoms with van der Waals surface area (Å²) in [5, 5.41) is 3.21. The molecule has 116 valence electrons. The monoisotopic (exact) mass is 383 g/mol. The van der Waals surface area contributed by atoms with Crippen LogP contribution in [0.25, 0.3) is 0 Å². The lowest BCUT2D eigenvalue weighted by atomic mass is 10.2. The first-order chi connectivity index (χ1) is 10.5. The number of hydrogen-bond acceptors (Lipinski definition) is 3. The van der Waals surface area contributed by atoms with Crippen LogP contribution in [0.2, 0.25) is 5.02 Å². The smallest absolute Gasteiger partial charge is 0.262 e. The summed E-state index contributed by atoms with van der Waals surface area (Å²) in [5.74, 6) is 0.752. The Morgan fingerprint density at radius 1 is 1.23 bits per heavy atom. The van der Waals surface area contributed by atoms with E-state index in [4.69, 9.17) is 21.1 Å². The first-order valence-electron chi connectivity index (χ1n) is 6.52. The number of anilines is 1. The van der Waals surface area contributed by atoms with Crippen molar-refractivity contribution in [3.8, 4) is 11.5 Å². The van der Waals surface area contributed by atoms with E-state index in [0.717, 1.165) is 10.0 Å². The fraction of sp³-hybridized carbons (Fsp3) is 0.188. The van der Waals surface area contributed by atoms with Crippen LogP contribution in [0.15, 0.2) is 40.9 Å². The molecule has 0 aliphatic heterocycles. The van der Waals surface area contributed by atoms with Gasteiger partial charge in [0, 0.05) is 4.47 Å². The largest absolute Gasteiger partial charge is 0.495 e. The molecule has 6 heteroatoms. The molecule has 0 atom stereocenters. The van der Waals surface area contributed by atoms with Gasteiger partial charge in [0.15, 0.2) is 6.61 Å². The molecule has 4 nitrogen and oxygen atoms in total. The molecule has 1 amide bonds. The van der Waals surface area contributed by atoms with E-state index in [2.05, 4.69) is 21.2 Å². The molecule has 2 aromatic rings. The molecule has 0 heterocycles. The third kappa shape index (κ3) is 4.39. The van der Waals surface area contributed by atoms with Crippen LogP contribution >= 0.6 is 27.5 Å². The maximum atomic E-state index is 12.0. The van der Waals surface area contributed by atoms with Crippen LogP contribution in [0.4, 0.5) is 5.69 Å². The molecule has 0 bridgehead atoms. The molecule has 0 fully saturated rings. The van der Waals surface area contributed by atoms with E-state index in [9.17, 15) is 4.79 Å². The van der Waals surface area contributed by atoms with Crippen molar-refractivity contribution in [2.45, 2.75) is 6.92 Å². The van der Waals surface area contributed by atoms with Gasteiger partial charge in [-0.05, 0) is 42.8 Å². The summed E-state index contributed by atoms with van der Waals surface area (Å²) in [6, 6.07) is 10.8. The number of rotatable bonds is 5. The zero-order valence-electron chi connectivity index (χ0n) is 12.2. The lowest BCUT2D eigenvalue weighted by molar-refractivity contribution is -0.118. The number of halogens is 2. The number of ether oxygens (including phenoxy) is 2. The predicted octanol–water partition coefficient (Wildman–Crippen LogP) is 4.44. The van der Waals surface area contributed by atoms with Gasteiger partial charge in [-0.25, -0.2) is 0 Å². The molecular formula is C16H15BrClNO3. The highest BCUT2D eigenvalue weighted by molar-refractivity contribution is 9.10. The lowest BCUT2D eigenvalue weighted by Gasteiger charge is -2.12. The molecule has 22 heavy (non-hydrogen) atoms. The van der Waals surface area contributed by atoms with Crippen molar-refractivity contribution in [3.05, 3.63) is 51.5 Å². The van der Waals surface area contributed by atoms with E-state index in [-0.39, 0.29) is 12.5 Å². The fourth-order valence-electron chi connectivity index (χ4n) is 1.84. The highest BCUT2D eigenvalue weighted by Crippen LogP contribution is 2.28. The number of nitrogens with one attached hydrogen (secondary N) is 1. The maximum absolute atomic E-state index is 12.0. The number of methoxy groups -OCH3 is 1. The van der Waals surface area contributed by atoms with Crippen LogP contribution in [0.5, 0.6) is 11.5 Å². The molecule has 0 unspecified atom stereocenters. The van der Waals surface area contributed by atoms with Crippen LogP contribution < -0.4 is 14.8 Å². The minimum absolute atomic E-state index is 0.146. The Hall–Kier alpha value is -1.72. The molecule has 2 rings (SSSR count). The van der Waals surface area contributed by atoms with Crippen molar-refractivity contribution in [1.82, 2.24) is 0 Å². The van der Waals surface area contributed by atoms with E-state index in [1.807, 2.05) is 19.1 Å². The number of amides is 1. The summed E-state index contributed by atoms with van der Waals surface area (Å²) >= 11 is 9.34. The van der Waals surface area contributed by atoms with Gasteiger partial charge in [-0.2, -0.15) is 0 Å². The van der Waals surface area contributed by atoms with Gasteiger partial charge in [-0.1, -0.05) is 33.6 Å². The van der Waals surface area contributed by atoms with E-state index in [1.54, 1.807) is 31.4 Å². The van der Waals surface area contributed by atoms with Crippen molar-refractivity contribution in [3.63, 3.8) is 0 Å². The van der Waals surface area contributed by atoms with Gasteiger partial charge >= 0.3 is 0 Å². The zero-order chi connectivity index (χ0) is 16.1. The Balaban J connectivity index is 2.01. The standard InChI is InChI=1S/C16H15BrClNO3/c1-10-3-6-14(21-2)13(7-10)19-16(20)9-22-15-8-11(17)4-5-12(15)18/h3-8H,9H2,1-2H3,(H,19,20).